The summed E-state index contributed by atoms with van der Waals surface area (Å²) in [6.45, 7) is 0. The number of rotatable bonds is 3. The number of hydrogen-bond acceptors (Lipinski definition) is 4. The number of aromatic nitrogens is 3. The van der Waals surface area contributed by atoms with Gasteiger partial charge in [0.2, 0.25) is 0 Å². The molecule has 0 amide bonds. The number of hydrogen-bond donors (Lipinski definition) is 0. The average Bonchev–Trinajstić information content (AvgIpc) is 3.02. The molecule has 2 aromatic carbocycles. The molecule has 116 valence electrons. The number of aryl methyl sites for hydroxylation is 1. The number of nitrogens with zero attached hydrogens (tertiary/aromatic N) is 3. The highest BCUT2D eigenvalue weighted by Gasteiger charge is 2.12. The van der Waals surface area contributed by atoms with E-state index in [0.29, 0.717) is 11.5 Å². The summed E-state index contributed by atoms with van der Waals surface area (Å²) in [5.41, 5.74) is 3.38. The van der Waals surface area contributed by atoms with Crippen molar-refractivity contribution in [3.63, 3.8) is 0 Å². The third-order valence-corrected chi connectivity index (χ3v) is 5.20. The van der Waals surface area contributed by atoms with E-state index in [9.17, 15) is 4.79 Å². The van der Waals surface area contributed by atoms with E-state index >= 15 is 0 Å². The molecule has 0 aliphatic heterocycles. The first-order valence-electron chi connectivity index (χ1n) is 6.96. The van der Waals surface area contributed by atoms with Gasteiger partial charge in [0.1, 0.15) is 0 Å². The van der Waals surface area contributed by atoms with Gasteiger partial charge in [-0.25, -0.2) is 9.78 Å². The van der Waals surface area contributed by atoms with Crippen molar-refractivity contribution >= 4 is 49.8 Å². The molecule has 0 fully saturated rings. The maximum atomic E-state index is 12.1. The SMILES string of the molecule is Cn1c(SCn2c(=O)oc3cc(Br)ccc32)nc2ccccc21. The second-order valence-corrected chi connectivity index (χ2v) is 6.95. The average molecular weight is 390 g/mol. The third-order valence-electron chi connectivity index (χ3n) is 3.70. The van der Waals surface area contributed by atoms with E-state index in [-0.39, 0.29) is 5.76 Å². The van der Waals surface area contributed by atoms with Crippen LogP contribution < -0.4 is 5.76 Å². The minimum Gasteiger partial charge on any atom is -0.408 e. The first kappa shape index (κ1) is 14.6. The summed E-state index contributed by atoms with van der Waals surface area (Å²) in [7, 11) is 1.98. The first-order valence-corrected chi connectivity index (χ1v) is 8.74. The van der Waals surface area contributed by atoms with Crippen molar-refractivity contribution < 1.29 is 4.42 Å². The molecule has 23 heavy (non-hydrogen) atoms. The Kier molecular flexibility index (Phi) is 3.54. The monoisotopic (exact) mass is 389 g/mol. The Bertz CT molecular complexity index is 1080. The number of thioether (sulfide) groups is 1. The van der Waals surface area contributed by atoms with Crippen molar-refractivity contribution in [2.75, 3.05) is 0 Å². The van der Waals surface area contributed by atoms with Crippen LogP contribution in [0.3, 0.4) is 0 Å². The smallest absolute Gasteiger partial charge is 0.408 e. The Hall–Kier alpha value is -1.99. The Morgan fingerprint density at radius 3 is 2.87 bits per heavy atom. The molecule has 0 N–H and O–H groups in total. The molecule has 0 saturated carbocycles. The summed E-state index contributed by atoms with van der Waals surface area (Å²) in [5.74, 6) is 0.0920. The molecule has 4 rings (SSSR count). The summed E-state index contributed by atoms with van der Waals surface area (Å²) in [5, 5.41) is 0.865. The lowest BCUT2D eigenvalue weighted by Gasteiger charge is -2.03. The van der Waals surface area contributed by atoms with Crippen LogP contribution in [0.25, 0.3) is 22.1 Å². The number of halogens is 1. The van der Waals surface area contributed by atoms with E-state index in [2.05, 4.69) is 20.9 Å². The van der Waals surface area contributed by atoms with Crippen LogP contribution in [0.5, 0.6) is 0 Å². The van der Waals surface area contributed by atoms with Crippen molar-refractivity contribution in [1.82, 2.24) is 14.1 Å². The molecular weight excluding hydrogens is 378 g/mol. The first-order chi connectivity index (χ1) is 11.1. The number of para-hydroxylation sites is 2. The van der Waals surface area contributed by atoms with Crippen molar-refractivity contribution in [2.45, 2.75) is 11.0 Å². The molecule has 0 spiro atoms. The predicted octanol–water partition coefficient (Wildman–Crippen LogP) is 3.99. The van der Waals surface area contributed by atoms with Gasteiger partial charge < -0.3 is 8.98 Å². The molecular formula is C16H12BrN3O2S. The fourth-order valence-electron chi connectivity index (χ4n) is 2.54. The predicted molar refractivity (Wildman–Crippen MR) is 94.7 cm³/mol. The molecule has 0 aliphatic carbocycles. The zero-order valence-corrected chi connectivity index (χ0v) is 14.6. The second-order valence-electron chi connectivity index (χ2n) is 5.12. The summed E-state index contributed by atoms with van der Waals surface area (Å²) in [4.78, 5) is 16.7. The molecule has 0 aliphatic rings. The molecule has 2 heterocycles. The summed E-state index contributed by atoms with van der Waals surface area (Å²) >= 11 is 4.89. The van der Waals surface area contributed by atoms with E-state index < -0.39 is 0 Å². The van der Waals surface area contributed by atoms with E-state index in [4.69, 9.17) is 4.42 Å². The summed E-state index contributed by atoms with van der Waals surface area (Å²) in [6.07, 6.45) is 0. The third kappa shape index (κ3) is 2.49. The number of fused-ring (bicyclic) bond motifs is 2. The van der Waals surface area contributed by atoms with Crippen LogP contribution in [0.1, 0.15) is 0 Å². The topological polar surface area (TPSA) is 53.0 Å². The van der Waals surface area contributed by atoms with Gasteiger partial charge in [-0.15, -0.1) is 0 Å². The van der Waals surface area contributed by atoms with E-state index in [0.717, 1.165) is 26.2 Å². The van der Waals surface area contributed by atoms with Crippen molar-refractivity contribution in [3.8, 4) is 0 Å². The molecule has 0 bridgehead atoms. The lowest BCUT2D eigenvalue weighted by atomic mass is 10.3. The quantitative estimate of drug-likeness (QED) is 0.497. The van der Waals surface area contributed by atoms with Crippen LogP contribution >= 0.6 is 27.7 Å². The second kappa shape index (κ2) is 5.58. The minimum atomic E-state index is -0.357. The van der Waals surface area contributed by atoms with Crippen LogP contribution in [0.4, 0.5) is 0 Å². The van der Waals surface area contributed by atoms with Crippen molar-refractivity contribution in [3.05, 3.63) is 57.5 Å². The van der Waals surface area contributed by atoms with Crippen LogP contribution in [0.15, 0.2) is 61.3 Å². The van der Waals surface area contributed by atoms with E-state index in [1.165, 1.54) is 11.8 Å². The van der Waals surface area contributed by atoms with Gasteiger partial charge in [0.25, 0.3) is 0 Å². The highest BCUT2D eigenvalue weighted by Crippen LogP contribution is 2.25. The molecule has 2 aromatic heterocycles. The zero-order valence-electron chi connectivity index (χ0n) is 12.2. The Labute approximate surface area is 144 Å². The maximum Gasteiger partial charge on any atom is 0.420 e. The van der Waals surface area contributed by atoms with Crippen molar-refractivity contribution in [2.24, 2.45) is 7.05 Å². The molecule has 0 unspecified atom stereocenters. The van der Waals surface area contributed by atoms with Crippen molar-refractivity contribution in [1.29, 1.82) is 0 Å². The van der Waals surface area contributed by atoms with Gasteiger partial charge in [-0.3, -0.25) is 4.57 Å². The highest BCUT2D eigenvalue weighted by molar-refractivity contribution is 9.10. The normalized spacial score (nSPS) is 11.6. The summed E-state index contributed by atoms with van der Waals surface area (Å²) < 4.78 is 9.83. The van der Waals surface area contributed by atoms with Crippen LogP contribution in [0, 0.1) is 0 Å². The van der Waals surface area contributed by atoms with E-state index in [1.54, 1.807) is 10.6 Å². The van der Waals surface area contributed by atoms with Crippen LogP contribution in [-0.4, -0.2) is 14.1 Å². The van der Waals surface area contributed by atoms with Gasteiger partial charge in [-0.2, -0.15) is 0 Å². The molecule has 0 radical (unpaired) electrons. The van der Waals surface area contributed by atoms with Gasteiger partial charge >= 0.3 is 5.76 Å². The fraction of sp³-hybridized carbons (Fsp3) is 0.125. The standard InChI is InChI=1S/C16H12BrN3O2S/c1-19-12-5-3-2-4-11(12)18-15(19)23-9-20-13-7-6-10(17)8-14(13)22-16(20)21/h2-8H,9H2,1H3. The molecule has 0 atom stereocenters. The minimum absolute atomic E-state index is 0.357. The Morgan fingerprint density at radius 1 is 1.22 bits per heavy atom. The number of benzene rings is 2. The zero-order chi connectivity index (χ0) is 16.0. The van der Waals surface area contributed by atoms with E-state index in [1.807, 2.05) is 48.0 Å². The van der Waals surface area contributed by atoms with Crippen LogP contribution in [-0.2, 0) is 12.9 Å². The van der Waals surface area contributed by atoms with Crippen LogP contribution in [0.2, 0.25) is 0 Å². The van der Waals surface area contributed by atoms with Gasteiger partial charge in [-0.1, -0.05) is 39.8 Å². The van der Waals surface area contributed by atoms with Gasteiger partial charge in [0, 0.05) is 11.5 Å². The summed E-state index contributed by atoms with van der Waals surface area (Å²) in [6, 6.07) is 13.5. The molecule has 0 saturated heterocycles. The molecule has 4 aromatic rings. The Balaban J connectivity index is 1.70. The van der Waals surface area contributed by atoms with Gasteiger partial charge in [0.15, 0.2) is 10.7 Å². The molecule has 5 nitrogen and oxygen atoms in total. The highest BCUT2D eigenvalue weighted by atomic mass is 79.9. The number of imidazole rings is 1. The Morgan fingerprint density at radius 2 is 2.04 bits per heavy atom. The fourth-order valence-corrected chi connectivity index (χ4v) is 3.82. The lowest BCUT2D eigenvalue weighted by molar-refractivity contribution is 0.526. The lowest BCUT2D eigenvalue weighted by Crippen LogP contribution is -2.12. The van der Waals surface area contributed by atoms with Gasteiger partial charge in [-0.05, 0) is 30.3 Å². The maximum absolute atomic E-state index is 12.1. The molecule has 7 heteroatoms. The number of oxazole rings is 1. The largest absolute Gasteiger partial charge is 0.420 e. The van der Waals surface area contributed by atoms with Gasteiger partial charge in [0.05, 0.1) is 22.4 Å².